The van der Waals surface area contributed by atoms with Crippen LogP contribution in [0.3, 0.4) is 0 Å². The van der Waals surface area contributed by atoms with Gasteiger partial charge in [-0.15, -0.1) is 0 Å². The second-order valence-electron chi connectivity index (χ2n) is 13.3. The highest BCUT2D eigenvalue weighted by atomic mass is 19.3. The molecule has 0 saturated heterocycles. The highest BCUT2D eigenvalue weighted by molar-refractivity contribution is 6.05. The third-order valence-electron chi connectivity index (χ3n) is 8.53. The number of hydrogen-bond donors (Lipinski definition) is 2. The molecule has 240 valence electrons. The van der Waals surface area contributed by atoms with Crippen LogP contribution >= 0.6 is 0 Å². The van der Waals surface area contributed by atoms with E-state index in [0.29, 0.717) is 11.3 Å². The highest BCUT2D eigenvalue weighted by Gasteiger charge is 2.49. The van der Waals surface area contributed by atoms with E-state index in [2.05, 4.69) is 31.4 Å². The van der Waals surface area contributed by atoms with Gasteiger partial charge in [0.15, 0.2) is 5.54 Å². The largest absolute Gasteiger partial charge is 0.351 e. The van der Waals surface area contributed by atoms with Gasteiger partial charge in [0.05, 0.1) is 0 Å². The summed E-state index contributed by atoms with van der Waals surface area (Å²) < 4.78 is 27.9. The molecule has 2 fully saturated rings. The first-order valence-electron chi connectivity index (χ1n) is 16.0. The average Bonchev–Trinajstić information content (AvgIpc) is 3.68. The third-order valence-corrected chi connectivity index (χ3v) is 8.53. The van der Waals surface area contributed by atoms with E-state index >= 15 is 0 Å². The number of benzene rings is 1. The van der Waals surface area contributed by atoms with E-state index in [9.17, 15) is 18.4 Å². The molecule has 2 N–H and O–H groups in total. The Balaban J connectivity index is 0.00000316. The SMILES string of the molecule is C/C=C\C=C(/C=C(C)CC)C(C)(C(=O)NC1CCC(F)(F)CC1)N(C(=O)NC1(C)CC1)c1ccc(C(C)(C)C)cc1.CC. The quantitative estimate of drug-likeness (QED) is 0.278. The van der Waals surface area contributed by atoms with Crippen molar-refractivity contribution in [1.82, 2.24) is 10.6 Å². The van der Waals surface area contributed by atoms with Gasteiger partial charge in [0.2, 0.25) is 5.92 Å². The van der Waals surface area contributed by atoms with E-state index in [1.807, 2.05) is 90.1 Å². The van der Waals surface area contributed by atoms with E-state index < -0.39 is 17.5 Å². The standard InChI is InChI=1S/C34H49F2N3O2.C2H6/c1-9-11-12-26(23-24(3)10-2)33(8,29(40)37-27-17-19-34(35,36)20-18-27)39(30(41)38-32(7)21-22-32)28-15-13-25(14-16-28)31(4,5)6;1-2/h9,11-16,23,27H,10,17-22H2,1-8H3,(H,37,40)(H,38,41);1-2H3/b11-9-,24-23?,26-12+;. The summed E-state index contributed by atoms with van der Waals surface area (Å²) in [4.78, 5) is 30.3. The van der Waals surface area contributed by atoms with Crippen molar-refractivity contribution in [2.24, 2.45) is 0 Å². The predicted octanol–water partition coefficient (Wildman–Crippen LogP) is 9.39. The van der Waals surface area contributed by atoms with E-state index in [0.717, 1.165) is 30.4 Å². The molecule has 0 heterocycles. The summed E-state index contributed by atoms with van der Waals surface area (Å²) in [6.45, 7) is 20.1. The number of anilines is 1. The van der Waals surface area contributed by atoms with Crippen LogP contribution in [0.1, 0.15) is 120 Å². The normalized spacial score (nSPS) is 20.0. The number of halogens is 2. The van der Waals surface area contributed by atoms with Crippen molar-refractivity contribution < 1.29 is 18.4 Å². The molecule has 3 rings (SSSR count). The Labute approximate surface area is 259 Å². The summed E-state index contributed by atoms with van der Waals surface area (Å²) in [6, 6.07) is 7.03. The van der Waals surface area contributed by atoms with Crippen LogP contribution < -0.4 is 15.5 Å². The molecule has 2 aliphatic carbocycles. The van der Waals surface area contributed by atoms with Crippen LogP contribution in [0.25, 0.3) is 0 Å². The minimum Gasteiger partial charge on any atom is -0.351 e. The molecule has 43 heavy (non-hydrogen) atoms. The van der Waals surface area contributed by atoms with Crippen molar-refractivity contribution in [1.29, 1.82) is 0 Å². The van der Waals surface area contributed by atoms with Gasteiger partial charge in [0.25, 0.3) is 5.91 Å². The van der Waals surface area contributed by atoms with Crippen molar-refractivity contribution in [3.63, 3.8) is 0 Å². The van der Waals surface area contributed by atoms with Crippen LogP contribution in [0.5, 0.6) is 0 Å². The van der Waals surface area contributed by atoms with E-state index in [4.69, 9.17) is 0 Å². The molecule has 1 aromatic rings. The molecule has 1 aromatic carbocycles. The number of rotatable bonds is 9. The monoisotopic (exact) mass is 599 g/mol. The van der Waals surface area contributed by atoms with Crippen molar-refractivity contribution in [2.75, 3.05) is 4.90 Å². The number of hydrogen-bond acceptors (Lipinski definition) is 2. The topological polar surface area (TPSA) is 61.4 Å². The third kappa shape index (κ3) is 9.51. The van der Waals surface area contributed by atoms with Crippen molar-refractivity contribution in [3.8, 4) is 0 Å². The number of allylic oxidation sites excluding steroid dienone is 4. The summed E-state index contributed by atoms with van der Waals surface area (Å²) >= 11 is 0. The molecule has 0 aromatic heterocycles. The Morgan fingerprint density at radius 1 is 1.02 bits per heavy atom. The number of nitrogens with zero attached hydrogens (tertiary/aromatic N) is 1. The molecule has 2 saturated carbocycles. The van der Waals surface area contributed by atoms with Gasteiger partial charge in [-0.1, -0.05) is 83.6 Å². The zero-order valence-electron chi connectivity index (χ0n) is 28.2. The Morgan fingerprint density at radius 3 is 2.05 bits per heavy atom. The van der Waals surface area contributed by atoms with Crippen LogP contribution in [0.15, 0.2) is 59.7 Å². The molecule has 1 unspecified atom stereocenters. The van der Waals surface area contributed by atoms with E-state index in [-0.39, 0.29) is 48.6 Å². The maximum atomic E-state index is 14.5. The zero-order chi connectivity index (χ0) is 32.6. The fraction of sp³-hybridized carbons (Fsp3) is 0.611. The lowest BCUT2D eigenvalue weighted by molar-refractivity contribution is -0.126. The number of amides is 3. The highest BCUT2D eigenvalue weighted by Crippen LogP contribution is 2.39. The van der Waals surface area contributed by atoms with Crippen LogP contribution in [-0.2, 0) is 10.2 Å². The van der Waals surface area contributed by atoms with Gasteiger partial charge in [-0.05, 0) is 88.5 Å². The second kappa shape index (κ2) is 14.7. The Morgan fingerprint density at radius 2 is 1.58 bits per heavy atom. The first-order valence-corrected chi connectivity index (χ1v) is 16.0. The lowest BCUT2D eigenvalue weighted by Gasteiger charge is -2.43. The number of carbonyl (C=O) groups excluding carboxylic acids is 2. The maximum Gasteiger partial charge on any atom is 0.323 e. The molecule has 5 nitrogen and oxygen atoms in total. The summed E-state index contributed by atoms with van der Waals surface area (Å²) in [6.07, 6.45) is 9.95. The van der Waals surface area contributed by atoms with Crippen LogP contribution in [0, 0.1) is 0 Å². The van der Waals surface area contributed by atoms with Gasteiger partial charge in [-0.3, -0.25) is 9.69 Å². The van der Waals surface area contributed by atoms with Crippen LogP contribution in [0.2, 0.25) is 0 Å². The van der Waals surface area contributed by atoms with Gasteiger partial charge in [0.1, 0.15) is 0 Å². The summed E-state index contributed by atoms with van der Waals surface area (Å²) in [5.41, 5.74) is 1.50. The zero-order valence-corrected chi connectivity index (χ0v) is 28.2. The minimum atomic E-state index is -2.71. The van der Waals surface area contributed by atoms with Crippen LogP contribution in [0.4, 0.5) is 19.3 Å². The van der Waals surface area contributed by atoms with Gasteiger partial charge in [-0.2, -0.15) is 0 Å². The minimum absolute atomic E-state index is 0.0885. The second-order valence-corrected chi connectivity index (χ2v) is 13.3. The van der Waals surface area contributed by atoms with E-state index in [1.54, 1.807) is 11.8 Å². The molecule has 2 aliphatic rings. The molecule has 3 amide bonds. The maximum absolute atomic E-state index is 14.5. The first kappa shape index (κ1) is 36.2. The van der Waals surface area contributed by atoms with Crippen molar-refractivity contribution >= 4 is 17.6 Å². The Hall–Kier alpha value is -2.96. The van der Waals surface area contributed by atoms with Gasteiger partial charge in [-0.25, -0.2) is 13.6 Å². The first-order chi connectivity index (χ1) is 20.0. The molecule has 7 heteroatoms. The summed E-state index contributed by atoms with van der Waals surface area (Å²) in [5, 5.41) is 6.25. The molecule has 0 spiro atoms. The molecule has 0 bridgehead atoms. The summed E-state index contributed by atoms with van der Waals surface area (Å²) in [5.74, 6) is -3.09. The lowest BCUT2D eigenvalue weighted by atomic mass is 9.83. The van der Waals surface area contributed by atoms with Crippen LogP contribution in [-0.4, -0.2) is 35.0 Å². The van der Waals surface area contributed by atoms with Crippen molar-refractivity contribution in [2.45, 2.75) is 143 Å². The molecular formula is C36H55F2N3O2. The molecule has 0 radical (unpaired) electrons. The molecule has 1 atom stereocenters. The predicted molar refractivity (Wildman–Crippen MR) is 176 cm³/mol. The fourth-order valence-corrected chi connectivity index (χ4v) is 5.11. The fourth-order valence-electron chi connectivity index (χ4n) is 5.11. The lowest BCUT2D eigenvalue weighted by Crippen LogP contribution is -2.64. The Bertz CT molecular complexity index is 1180. The molecular weight excluding hydrogens is 544 g/mol. The van der Waals surface area contributed by atoms with Gasteiger partial charge < -0.3 is 10.6 Å². The van der Waals surface area contributed by atoms with Gasteiger partial charge in [0, 0.05) is 30.1 Å². The average molecular weight is 600 g/mol. The number of alkyl halides is 2. The number of nitrogens with one attached hydrogen (secondary N) is 2. The van der Waals surface area contributed by atoms with Gasteiger partial charge >= 0.3 is 6.03 Å². The summed E-state index contributed by atoms with van der Waals surface area (Å²) in [7, 11) is 0. The van der Waals surface area contributed by atoms with Crippen molar-refractivity contribution in [3.05, 3.63) is 65.3 Å². The van der Waals surface area contributed by atoms with E-state index in [1.165, 1.54) is 0 Å². The number of urea groups is 1. The molecule has 0 aliphatic heterocycles. The smallest absolute Gasteiger partial charge is 0.323 e. The Kier molecular flexibility index (Phi) is 12.4. The number of carbonyl (C=O) groups is 2.